The van der Waals surface area contributed by atoms with E-state index in [0.29, 0.717) is 6.42 Å². The Morgan fingerprint density at radius 1 is 0.909 bits per heavy atom. The zero-order chi connectivity index (χ0) is 22.4. The van der Waals surface area contributed by atoms with Crippen LogP contribution in [0, 0.1) is 5.41 Å². The van der Waals surface area contributed by atoms with Crippen LogP contribution < -0.4 is 9.91 Å². The number of rotatable bonds is 3. The van der Waals surface area contributed by atoms with Crippen molar-refractivity contribution < 1.29 is 4.79 Å². The van der Waals surface area contributed by atoms with Crippen LogP contribution in [-0.2, 0) is 17.8 Å². The van der Waals surface area contributed by atoms with Crippen molar-refractivity contribution in [2.75, 3.05) is 29.5 Å². The fourth-order valence-corrected chi connectivity index (χ4v) is 5.85. The molecule has 0 bridgehead atoms. The molecule has 1 fully saturated rings. The number of amides is 1. The number of anilines is 2. The quantitative estimate of drug-likeness (QED) is 0.613. The van der Waals surface area contributed by atoms with Crippen LogP contribution >= 0.6 is 0 Å². The Morgan fingerprint density at radius 3 is 2.39 bits per heavy atom. The van der Waals surface area contributed by atoms with Gasteiger partial charge in [-0.15, -0.1) is 0 Å². The number of benzene rings is 3. The first-order valence-electron chi connectivity index (χ1n) is 11.7. The molecule has 1 spiro atoms. The highest BCUT2D eigenvalue weighted by Crippen LogP contribution is 2.48. The van der Waals surface area contributed by atoms with E-state index in [1.807, 2.05) is 37.3 Å². The van der Waals surface area contributed by atoms with E-state index in [1.165, 1.54) is 16.8 Å². The van der Waals surface area contributed by atoms with E-state index >= 15 is 0 Å². The van der Waals surface area contributed by atoms with Crippen molar-refractivity contribution in [3.05, 3.63) is 96.1 Å². The average molecular weight is 437 g/mol. The maximum Gasteiger partial charge on any atom is 0.261 e. The number of carbonyl (C=O) groups is 1. The predicted molar refractivity (Wildman–Crippen MR) is 132 cm³/mol. The van der Waals surface area contributed by atoms with Gasteiger partial charge in [-0.3, -0.25) is 9.69 Å². The van der Waals surface area contributed by atoms with Gasteiger partial charge in [-0.05, 0) is 42.7 Å². The highest BCUT2D eigenvalue weighted by molar-refractivity contribution is 6.20. The minimum absolute atomic E-state index is 0.0508. The Labute approximate surface area is 194 Å². The van der Waals surface area contributed by atoms with Crippen molar-refractivity contribution in [2.45, 2.75) is 25.9 Å². The summed E-state index contributed by atoms with van der Waals surface area (Å²) in [5, 5.41) is 6.48. The van der Waals surface area contributed by atoms with Crippen LogP contribution in [0.2, 0.25) is 0 Å². The average Bonchev–Trinajstić information content (AvgIpc) is 3.11. The standard InChI is InChI=1S/C28H28N4O/c1-21-28(27(33)32(29-21)24-13-6-3-7-14-24)18-23-12-8-9-15-25(23)31-17-16-30(20-26(28)31)19-22-10-4-2-5-11-22/h2-15,26H,16-20H2,1H3/t26-,28+/m0/s1. The second kappa shape index (κ2) is 7.85. The Morgan fingerprint density at radius 2 is 1.61 bits per heavy atom. The maximum atomic E-state index is 14.2. The molecule has 5 heteroatoms. The fourth-order valence-electron chi connectivity index (χ4n) is 5.85. The lowest BCUT2D eigenvalue weighted by Gasteiger charge is -2.53. The van der Waals surface area contributed by atoms with Gasteiger partial charge < -0.3 is 4.90 Å². The molecule has 3 aliphatic heterocycles. The van der Waals surface area contributed by atoms with E-state index < -0.39 is 5.41 Å². The van der Waals surface area contributed by atoms with E-state index in [0.717, 1.165) is 37.6 Å². The minimum atomic E-state index is -0.653. The lowest BCUT2D eigenvalue weighted by atomic mass is 9.67. The number of fused-ring (bicyclic) bond motifs is 4. The molecule has 0 radical (unpaired) electrons. The van der Waals surface area contributed by atoms with Gasteiger partial charge in [0.15, 0.2) is 0 Å². The van der Waals surface area contributed by atoms with Gasteiger partial charge in [-0.2, -0.15) is 10.1 Å². The fraction of sp³-hybridized carbons (Fsp3) is 0.286. The molecule has 3 heterocycles. The Balaban J connectivity index is 1.40. The summed E-state index contributed by atoms with van der Waals surface area (Å²) in [5.41, 5.74) is 4.92. The molecular formula is C28H28N4O. The maximum absolute atomic E-state index is 14.2. The molecule has 1 amide bonds. The third kappa shape index (κ3) is 3.18. The Bertz CT molecular complexity index is 1210. The minimum Gasteiger partial charge on any atom is -0.364 e. The van der Waals surface area contributed by atoms with Crippen LogP contribution in [0.5, 0.6) is 0 Å². The first-order chi connectivity index (χ1) is 16.2. The van der Waals surface area contributed by atoms with Gasteiger partial charge in [0, 0.05) is 31.9 Å². The third-order valence-corrected chi connectivity index (χ3v) is 7.52. The summed E-state index contributed by atoms with van der Waals surface area (Å²) in [6, 6.07) is 29.1. The summed E-state index contributed by atoms with van der Waals surface area (Å²) in [4.78, 5) is 19.2. The summed E-state index contributed by atoms with van der Waals surface area (Å²) in [6.45, 7) is 5.66. The van der Waals surface area contributed by atoms with Crippen LogP contribution in [0.4, 0.5) is 11.4 Å². The second-order valence-electron chi connectivity index (χ2n) is 9.34. The summed E-state index contributed by atoms with van der Waals surface area (Å²) in [6.07, 6.45) is 0.695. The topological polar surface area (TPSA) is 39.2 Å². The number of carbonyl (C=O) groups excluding carboxylic acids is 1. The number of piperazine rings is 1. The number of hydrogen-bond acceptors (Lipinski definition) is 4. The van der Waals surface area contributed by atoms with Gasteiger partial charge in [-0.1, -0.05) is 66.7 Å². The van der Waals surface area contributed by atoms with Gasteiger partial charge in [0.1, 0.15) is 5.41 Å². The monoisotopic (exact) mass is 436 g/mol. The van der Waals surface area contributed by atoms with Crippen molar-refractivity contribution >= 4 is 23.0 Å². The molecule has 1 saturated heterocycles. The predicted octanol–water partition coefficient (Wildman–Crippen LogP) is 4.34. The lowest BCUT2D eigenvalue weighted by Crippen LogP contribution is -2.66. The summed E-state index contributed by atoms with van der Waals surface area (Å²) in [5.74, 6) is 0.0947. The molecule has 0 aromatic heterocycles. The van der Waals surface area contributed by atoms with E-state index in [2.05, 4.69) is 64.4 Å². The molecule has 0 N–H and O–H groups in total. The van der Waals surface area contributed by atoms with Gasteiger partial charge in [0.05, 0.1) is 17.4 Å². The molecule has 33 heavy (non-hydrogen) atoms. The first-order valence-corrected chi connectivity index (χ1v) is 11.7. The van der Waals surface area contributed by atoms with Crippen LogP contribution in [0.15, 0.2) is 90.0 Å². The van der Waals surface area contributed by atoms with Crippen LogP contribution in [0.3, 0.4) is 0 Å². The molecule has 6 rings (SSSR count). The second-order valence-corrected chi connectivity index (χ2v) is 9.34. The number of hydrazone groups is 1. The van der Waals surface area contributed by atoms with Crippen molar-refractivity contribution in [1.82, 2.24) is 4.90 Å². The van der Waals surface area contributed by atoms with Gasteiger partial charge in [0.2, 0.25) is 0 Å². The molecule has 2 atom stereocenters. The van der Waals surface area contributed by atoms with Crippen molar-refractivity contribution in [3.8, 4) is 0 Å². The number of nitrogens with zero attached hydrogens (tertiary/aromatic N) is 4. The molecule has 3 aromatic rings. The molecular weight excluding hydrogens is 408 g/mol. The van der Waals surface area contributed by atoms with E-state index in [1.54, 1.807) is 5.01 Å². The highest BCUT2D eigenvalue weighted by Gasteiger charge is 2.59. The Hall–Kier alpha value is -3.44. The van der Waals surface area contributed by atoms with E-state index in [-0.39, 0.29) is 11.9 Å². The SMILES string of the molecule is CC1=NN(c2ccccc2)C(=O)[C@]12Cc1ccccc1N1CCN(Cc3ccccc3)C[C@H]12. The van der Waals surface area contributed by atoms with Crippen molar-refractivity contribution in [2.24, 2.45) is 10.5 Å². The summed E-state index contributed by atoms with van der Waals surface area (Å²) >= 11 is 0. The molecule has 0 aliphatic carbocycles. The van der Waals surface area contributed by atoms with Gasteiger partial charge >= 0.3 is 0 Å². The third-order valence-electron chi connectivity index (χ3n) is 7.52. The first kappa shape index (κ1) is 20.2. The highest BCUT2D eigenvalue weighted by atomic mass is 16.2. The summed E-state index contributed by atoms with van der Waals surface area (Å²) < 4.78 is 0. The van der Waals surface area contributed by atoms with Crippen LogP contribution in [0.25, 0.3) is 0 Å². The van der Waals surface area contributed by atoms with E-state index in [4.69, 9.17) is 5.10 Å². The number of hydrogen-bond donors (Lipinski definition) is 0. The molecule has 5 nitrogen and oxygen atoms in total. The normalized spacial score (nSPS) is 24.6. The largest absolute Gasteiger partial charge is 0.364 e. The van der Waals surface area contributed by atoms with E-state index in [9.17, 15) is 4.79 Å². The van der Waals surface area contributed by atoms with Crippen molar-refractivity contribution in [3.63, 3.8) is 0 Å². The number of para-hydroxylation sites is 2. The lowest BCUT2D eigenvalue weighted by molar-refractivity contribution is -0.125. The molecule has 0 unspecified atom stereocenters. The van der Waals surface area contributed by atoms with Crippen molar-refractivity contribution in [1.29, 1.82) is 0 Å². The molecule has 3 aliphatic rings. The molecule has 0 saturated carbocycles. The molecule has 166 valence electrons. The smallest absolute Gasteiger partial charge is 0.261 e. The molecule has 3 aromatic carbocycles. The van der Waals surface area contributed by atoms with Crippen LogP contribution in [-0.4, -0.2) is 42.2 Å². The zero-order valence-electron chi connectivity index (χ0n) is 18.9. The summed E-state index contributed by atoms with van der Waals surface area (Å²) in [7, 11) is 0. The van der Waals surface area contributed by atoms with Gasteiger partial charge in [0.25, 0.3) is 5.91 Å². The van der Waals surface area contributed by atoms with Crippen LogP contribution in [0.1, 0.15) is 18.1 Å². The zero-order valence-corrected chi connectivity index (χ0v) is 18.9. The Kier molecular flexibility index (Phi) is 4.80. The van der Waals surface area contributed by atoms with Gasteiger partial charge in [-0.25, -0.2) is 0 Å².